The van der Waals surface area contributed by atoms with Gasteiger partial charge in [0.1, 0.15) is 5.82 Å². The van der Waals surface area contributed by atoms with Gasteiger partial charge in [-0.25, -0.2) is 4.39 Å². The fraction of sp³-hybridized carbons (Fsp3) is 0.500. The Balaban J connectivity index is 2.13. The van der Waals surface area contributed by atoms with Crippen molar-refractivity contribution in [3.8, 4) is 0 Å². The van der Waals surface area contributed by atoms with Gasteiger partial charge in [0.2, 0.25) is 0 Å². The van der Waals surface area contributed by atoms with E-state index >= 15 is 0 Å². The lowest BCUT2D eigenvalue weighted by Gasteiger charge is -2.18. The van der Waals surface area contributed by atoms with Crippen LogP contribution in [0, 0.1) is 11.7 Å². The van der Waals surface area contributed by atoms with Crippen molar-refractivity contribution in [3.05, 3.63) is 35.6 Å². The Bertz CT molecular complexity index is 305. The standard InChI is InChI=1S/C12H16FN/c1-9(11-5-6-14-8-11)10-3-2-4-12(13)7-10/h2-4,7,9,11,14H,5-6,8H2,1H3. The second-order valence-corrected chi connectivity index (χ2v) is 4.10. The maximum absolute atomic E-state index is 13.0. The molecule has 0 radical (unpaired) electrons. The number of hydrogen-bond donors (Lipinski definition) is 1. The highest BCUT2D eigenvalue weighted by Gasteiger charge is 2.22. The van der Waals surface area contributed by atoms with E-state index < -0.39 is 0 Å². The molecule has 76 valence electrons. The average Bonchev–Trinajstić information content (AvgIpc) is 2.69. The topological polar surface area (TPSA) is 12.0 Å². The molecule has 2 heteroatoms. The van der Waals surface area contributed by atoms with Crippen molar-refractivity contribution in [1.29, 1.82) is 0 Å². The van der Waals surface area contributed by atoms with Crippen LogP contribution in [-0.4, -0.2) is 13.1 Å². The van der Waals surface area contributed by atoms with E-state index in [1.54, 1.807) is 12.1 Å². The molecule has 2 unspecified atom stereocenters. The van der Waals surface area contributed by atoms with Gasteiger partial charge < -0.3 is 5.32 Å². The zero-order chi connectivity index (χ0) is 9.97. The summed E-state index contributed by atoms with van der Waals surface area (Å²) < 4.78 is 13.0. The molecular formula is C12H16FN. The molecule has 14 heavy (non-hydrogen) atoms. The van der Waals surface area contributed by atoms with E-state index in [0.29, 0.717) is 11.8 Å². The Hall–Kier alpha value is -0.890. The smallest absolute Gasteiger partial charge is 0.123 e. The minimum Gasteiger partial charge on any atom is -0.316 e. The first-order chi connectivity index (χ1) is 6.77. The lowest BCUT2D eigenvalue weighted by atomic mass is 9.87. The zero-order valence-electron chi connectivity index (χ0n) is 8.46. The van der Waals surface area contributed by atoms with Crippen LogP contribution in [0.5, 0.6) is 0 Å². The normalized spacial score (nSPS) is 23.7. The summed E-state index contributed by atoms with van der Waals surface area (Å²) in [6, 6.07) is 6.97. The van der Waals surface area contributed by atoms with Crippen molar-refractivity contribution in [2.24, 2.45) is 5.92 Å². The van der Waals surface area contributed by atoms with Gasteiger partial charge in [-0.3, -0.25) is 0 Å². The van der Waals surface area contributed by atoms with Crippen LogP contribution in [0.2, 0.25) is 0 Å². The first-order valence-electron chi connectivity index (χ1n) is 5.23. The molecular weight excluding hydrogens is 177 g/mol. The predicted molar refractivity (Wildman–Crippen MR) is 55.8 cm³/mol. The molecule has 0 bridgehead atoms. The van der Waals surface area contributed by atoms with Gasteiger partial charge in [-0.05, 0) is 49.0 Å². The summed E-state index contributed by atoms with van der Waals surface area (Å²) in [5.41, 5.74) is 1.12. The van der Waals surface area contributed by atoms with Crippen molar-refractivity contribution in [3.63, 3.8) is 0 Å². The van der Waals surface area contributed by atoms with Crippen molar-refractivity contribution >= 4 is 0 Å². The van der Waals surface area contributed by atoms with Gasteiger partial charge in [-0.1, -0.05) is 19.1 Å². The van der Waals surface area contributed by atoms with E-state index in [1.165, 1.54) is 12.5 Å². The Morgan fingerprint density at radius 3 is 3.00 bits per heavy atom. The Morgan fingerprint density at radius 2 is 2.36 bits per heavy atom. The molecule has 1 nitrogen and oxygen atoms in total. The van der Waals surface area contributed by atoms with Crippen LogP contribution >= 0.6 is 0 Å². The SMILES string of the molecule is CC(c1cccc(F)c1)C1CCNC1. The van der Waals surface area contributed by atoms with Crippen LogP contribution in [0.4, 0.5) is 4.39 Å². The quantitative estimate of drug-likeness (QED) is 0.761. The highest BCUT2D eigenvalue weighted by Crippen LogP contribution is 2.28. The molecule has 2 atom stereocenters. The van der Waals surface area contributed by atoms with Crippen LogP contribution in [0.25, 0.3) is 0 Å². The molecule has 1 aliphatic heterocycles. The van der Waals surface area contributed by atoms with Gasteiger partial charge in [0, 0.05) is 0 Å². The highest BCUT2D eigenvalue weighted by molar-refractivity contribution is 5.21. The number of hydrogen-bond acceptors (Lipinski definition) is 1. The summed E-state index contributed by atoms with van der Waals surface area (Å²) in [7, 11) is 0. The molecule has 2 rings (SSSR count). The minimum absolute atomic E-state index is 0.125. The molecule has 1 saturated heterocycles. The molecule has 1 aromatic rings. The number of benzene rings is 1. The molecule has 1 N–H and O–H groups in total. The van der Waals surface area contributed by atoms with E-state index in [2.05, 4.69) is 12.2 Å². The molecule has 1 aliphatic rings. The number of halogens is 1. The molecule has 0 aliphatic carbocycles. The zero-order valence-corrected chi connectivity index (χ0v) is 8.46. The van der Waals surface area contributed by atoms with Gasteiger partial charge in [-0.2, -0.15) is 0 Å². The maximum atomic E-state index is 13.0. The van der Waals surface area contributed by atoms with Crippen molar-refractivity contribution in [2.75, 3.05) is 13.1 Å². The molecule has 1 heterocycles. The molecule has 0 spiro atoms. The molecule has 1 fully saturated rings. The van der Waals surface area contributed by atoms with Gasteiger partial charge in [0.15, 0.2) is 0 Å². The van der Waals surface area contributed by atoms with Crippen LogP contribution in [0.1, 0.15) is 24.8 Å². The third kappa shape index (κ3) is 1.95. The Morgan fingerprint density at radius 1 is 1.50 bits per heavy atom. The van der Waals surface area contributed by atoms with E-state index in [9.17, 15) is 4.39 Å². The predicted octanol–water partition coefficient (Wildman–Crippen LogP) is 2.54. The monoisotopic (exact) mass is 193 g/mol. The largest absolute Gasteiger partial charge is 0.316 e. The van der Waals surface area contributed by atoms with E-state index in [0.717, 1.165) is 18.7 Å². The van der Waals surface area contributed by atoms with Gasteiger partial charge in [0.25, 0.3) is 0 Å². The fourth-order valence-corrected chi connectivity index (χ4v) is 2.17. The van der Waals surface area contributed by atoms with Crippen LogP contribution in [0.3, 0.4) is 0 Å². The first-order valence-corrected chi connectivity index (χ1v) is 5.23. The third-order valence-corrected chi connectivity index (χ3v) is 3.18. The van der Waals surface area contributed by atoms with Gasteiger partial charge >= 0.3 is 0 Å². The summed E-state index contributed by atoms with van der Waals surface area (Å²) in [5, 5.41) is 3.34. The van der Waals surface area contributed by atoms with E-state index in [1.807, 2.05) is 6.07 Å². The third-order valence-electron chi connectivity index (χ3n) is 3.18. The van der Waals surface area contributed by atoms with Crippen molar-refractivity contribution in [1.82, 2.24) is 5.32 Å². The fourth-order valence-electron chi connectivity index (χ4n) is 2.17. The first kappa shape index (κ1) is 9.66. The lowest BCUT2D eigenvalue weighted by Crippen LogP contribution is -2.14. The van der Waals surface area contributed by atoms with E-state index in [4.69, 9.17) is 0 Å². The summed E-state index contributed by atoms with van der Waals surface area (Å²) >= 11 is 0. The van der Waals surface area contributed by atoms with E-state index in [-0.39, 0.29) is 5.82 Å². The Kier molecular flexibility index (Phi) is 2.82. The number of rotatable bonds is 2. The molecule has 1 aromatic carbocycles. The highest BCUT2D eigenvalue weighted by atomic mass is 19.1. The lowest BCUT2D eigenvalue weighted by molar-refractivity contribution is 0.485. The second-order valence-electron chi connectivity index (χ2n) is 4.10. The maximum Gasteiger partial charge on any atom is 0.123 e. The Labute approximate surface area is 84.3 Å². The molecule has 0 saturated carbocycles. The van der Waals surface area contributed by atoms with Crippen molar-refractivity contribution < 1.29 is 4.39 Å². The molecule has 0 aromatic heterocycles. The van der Waals surface area contributed by atoms with Crippen LogP contribution < -0.4 is 5.32 Å². The van der Waals surface area contributed by atoms with Crippen LogP contribution in [0.15, 0.2) is 24.3 Å². The molecule has 0 amide bonds. The minimum atomic E-state index is -0.125. The summed E-state index contributed by atoms with van der Waals surface area (Å²) in [4.78, 5) is 0. The summed E-state index contributed by atoms with van der Waals surface area (Å²) in [6.45, 7) is 4.36. The second kappa shape index (κ2) is 4.09. The van der Waals surface area contributed by atoms with Gasteiger partial charge in [-0.15, -0.1) is 0 Å². The van der Waals surface area contributed by atoms with Gasteiger partial charge in [0.05, 0.1) is 0 Å². The van der Waals surface area contributed by atoms with Crippen LogP contribution in [-0.2, 0) is 0 Å². The summed E-state index contributed by atoms with van der Waals surface area (Å²) in [6.07, 6.45) is 1.21. The summed E-state index contributed by atoms with van der Waals surface area (Å²) in [5.74, 6) is 0.998. The number of nitrogens with one attached hydrogen (secondary N) is 1. The average molecular weight is 193 g/mol. The van der Waals surface area contributed by atoms with Crippen molar-refractivity contribution in [2.45, 2.75) is 19.3 Å².